The average Bonchev–Trinajstić information content (AvgIpc) is 3.08. The van der Waals surface area contributed by atoms with Gasteiger partial charge in [0.1, 0.15) is 5.82 Å². The summed E-state index contributed by atoms with van der Waals surface area (Å²) in [5.41, 5.74) is 2.36. The molecule has 6 nitrogen and oxygen atoms in total. The van der Waals surface area contributed by atoms with Gasteiger partial charge in [-0.2, -0.15) is 4.98 Å². The quantitative estimate of drug-likeness (QED) is 0.656. The second kappa shape index (κ2) is 7.39. The number of nitrogens with one attached hydrogen (secondary N) is 2. The molecule has 7 heteroatoms. The number of nitrogens with zero attached hydrogens (tertiary/aromatic N) is 3. The highest BCUT2D eigenvalue weighted by Crippen LogP contribution is 2.21. The second-order valence-corrected chi connectivity index (χ2v) is 6.71. The number of aliphatic hydroxyl groups is 1. The topological polar surface area (TPSA) is 74.5 Å². The van der Waals surface area contributed by atoms with Gasteiger partial charge in [-0.15, -0.1) is 5.10 Å². The van der Waals surface area contributed by atoms with Gasteiger partial charge >= 0.3 is 0 Å². The summed E-state index contributed by atoms with van der Waals surface area (Å²) in [5, 5.41) is 21.5. The number of piperidine rings is 1. The van der Waals surface area contributed by atoms with Crippen molar-refractivity contribution in [2.24, 2.45) is 5.92 Å². The van der Waals surface area contributed by atoms with Gasteiger partial charge in [0.2, 0.25) is 5.95 Å². The minimum Gasteiger partial charge on any atom is -0.392 e. The third kappa shape index (κ3) is 3.68. The molecular weight excluding hydrogens is 333 g/mol. The van der Waals surface area contributed by atoms with Gasteiger partial charge in [0.05, 0.1) is 6.10 Å². The molecule has 26 heavy (non-hydrogen) atoms. The Bertz CT molecular complexity index is 873. The molecule has 3 N–H and O–H groups in total. The number of hydrogen-bond donors (Lipinski definition) is 3. The zero-order chi connectivity index (χ0) is 17.9. The maximum atomic E-state index is 13.0. The average molecular weight is 355 g/mol. The Labute approximate surface area is 151 Å². The van der Waals surface area contributed by atoms with Crippen LogP contribution in [0.3, 0.4) is 0 Å². The Kier molecular flexibility index (Phi) is 4.81. The number of hydrogen-bond acceptors (Lipinski definition) is 5. The molecule has 1 aromatic carbocycles. The molecule has 4 rings (SSSR count). The van der Waals surface area contributed by atoms with E-state index in [0.717, 1.165) is 37.3 Å². The summed E-state index contributed by atoms with van der Waals surface area (Å²) >= 11 is 0. The van der Waals surface area contributed by atoms with Gasteiger partial charge in [0.15, 0.2) is 5.65 Å². The number of rotatable bonds is 5. The number of halogens is 1. The van der Waals surface area contributed by atoms with Crippen LogP contribution in [0, 0.1) is 11.7 Å². The van der Waals surface area contributed by atoms with Crippen LogP contribution in [0.15, 0.2) is 42.5 Å². The van der Waals surface area contributed by atoms with Gasteiger partial charge in [-0.3, -0.25) is 0 Å². The molecule has 3 heterocycles. The Balaban J connectivity index is 1.54. The zero-order valence-electron chi connectivity index (χ0n) is 14.4. The van der Waals surface area contributed by atoms with E-state index >= 15 is 0 Å². The molecule has 0 saturated carbocycles. The smallest absolute Gasteiger partial charge is 0.247 e. The van der Waals surface area contributed by atoms with Gasteiger partial charge in [-0.25, -0.2) is 8.91 Å². The van der Waals surface area contributed by atoms with Crippen LogP contribution in [0.5, 0.6) is 0 Å². The summed E-state index contributed by atoms with van der Waals surface area (Å²) in [6, 6.07) is 11.8. The van der Waals surface area contributed by atoms with Gasteiger partial charge in [0.25, 0.3) is 0 Å². The number of benzene rings is 1. The van der Waals surface area contributed by atoms with E-state index in [9.17, 15) is 9.50 Å². The fourth-order valence-electron chi connectivity index (χ4n) is 3.44. The summed E-state index contributed by atoms with van der Waals surface area (Å²) < 4.78 is 14.8. The van der Waals surface area contributed by atoms with Crippen LogP contribution < -0.4 is 10.6 Å². The van der Waals surface area contributed by atoms with Crippen molar-refractivity contribution in [3.8, 4) is 0 Å². The van der Waals surface area contributed by atoms with Crippen molar-refractivity contribution in [3.63, 3.8) is 0 Å². The lowest BCUT2D eigenvalue weighted by molar-refractivity contribution is 0.0877. The summed E-state index contributed by atoms with van der Waals surface area (Å²) in [4.78, 5) is 4.47. The predicted molar refractivity (Wildman–Crippen MR) is 98.0 cm³/mol. The largest absolute Gasteiger partial charge is 0.392 e. The van der Waals surface area contributed by atoms with E-state index in [1.807, 2.05) is 18.2 Å². The normalized spacial score (nSPS) is 16.7. The number of aromatic nitrogens is 3. The first kappa shape index (κ1) is 16.9. The monoisotopic (exact) mass is 355 g/mol. The standard InChI is InChI=1S/C19H22FN5O/c20-14-4-6-15(7-5-14)22-19-23-18-3-1-2-16(25(18)24-19)12-17(26)13-8-10-21-11-9-13/h1-7,13,17,21,26H,8-12H2,(H,22,24). The third-order valence-corrected chi connectivity index (χ3v) is 4.88. The number of aliphatic hydroxyl groups excluding tert-OH is 1. The van der Waals surface area contributed by atoms with Crippen molar-refractivity contribution < 1.29 is 9.50 Å². The summed E-state index contributed by atoms with van der Waals surface area (Å²) in [6.07, 6.45) is 2.14. The van der Waals surface area contributed by atoms with Crippen molar-refractivity contribution in [1.82, 2.24) is 19.9 Å². The number of anilines is 2. The van der Waals surface area contributed by atoms with Crippen LogP contribution in [0.2, 0.25) is 0 Å². The minimum absolute atomic E-state index is 0.285. The lowest BCUT2D eigenvalue weighted by Crippen LogP contribution is -2.35. The molecule has 1 fully saturated rings. The van der Waals surface area contributed by atoms with Crippen molar-refractivity contribution in [1.29, 1.82) is 0 Å². The van der Waals surface area contributed by atoms with E-state index in [-0.39, 0.29) is 11.9 Å². The van der Waals surface area contributed by atoms with Gasteiger partial charge in [-0.05, 0) is 68.2 Å². The minimum atomic E-state index is -0.389. The van der Waals surface area contributed by atoms with E-state index in [1.165, 1.54) is 12.1 Å². The summed E-state index contributed by atoms with van der Waals surface area (Å²) in [5.74, 6) is 0.472. The van der Waals surface area contributed by atoms with Crippen molar-refractivity contribution >= 4 is 17.3 Å². The maximum absolute atomic E-state index is 13.0. The second-order valence-electron chi connectivity index (χ2n) is 6.71. The highest BCUT2D eigenvalue weighted by Gasteiger charge is 2.22. The SMILES string of the molecule is OC(Cc1cccc2nc(Nc3ccc(F)cc3)nn12)C1CCNCC1. The molecule has 0 radical (unpaired) electrons. The fourth-order valence-corrected chi connectivity index (χ4v) is 3.44. The van der Waals surface area contributed by atoms with Gasteiger partial charge in [0, 0.05) is 17.8 Å². The summed E-state index contributed by atoms with van der Waals surface area (Å²) in [7, 11) is 0. The zero-order valence-corrected chi connectivity index (χ0v) is 14.4. The molecule has 0 aliphatic carbocycles. The molecule has 1 aliphatic rings. The Morgan fingerprint density at radius 2 is 1.96 bits per heavy atom. The van der Waals surface area contributed by atoms with Crippen molar-refractivity contribution in [2.75, 3.05) is 18.4 Å². The van der Waals surface area contributed by atoms with E-state index in [0.29, 0.717) is 23.9 Å². The van der Waals surface area contributed by atoms with Crippen LogP contribution in [-0.4, -0.2) is 38.9 Å². The molecular formula is C19H22FN5O. The molecule has 136 valence electrons. The molecule has 1 atom stereocenters. The van der Waals surface area contributed by atoms with E-state index in [4.69, 9.17) is 0 Å². The molecule has 1 saturated heterocycles. The third-order valence-electron chi connectivity index (χ3n) is 4.88. The highest BCUT2D eigenvalue weighted by molar-refractivity contribution is 5.55. The Morgan fingerprint density at radius 1 is 1.19 bits per heavy atom. The first-order valence-electron chi connectivity index (χ1n) is 8.95. The lowest BCUT2D eigenvalue weighted by Gasteiger charge is -2.27. The van der Waals surface area contributed by atoms with Gasteiger partial charge < -0.3 is 15.7 Å². The van der Waals surface area contributed by atoms with E-state index in [2.05, 4.69) is 20.7 Å². The van der Waals surface area contributed by atoms with Crippen molar-refractivity contribution in [3.05, 3.63) is 54.0 Å². The van der Waals surface area contributed by atoms with Crippen molar-refractivity contribution in [2.45, 2.75) is 25.4 Å². The molecule has 1 unspecified atom stereocenters. The number of fused-ring (bicyclic) bond motifs is 1. The molecule has 0 bridgehead atoms. The van der Waals surface area contributed by atoms with E-state index in [1.54, 1.807) is 16.6 Å². The Hall–Kier alpha value is -2.51. The van der Waals surface area contributed by atoms with Crippen LogP contribution in [0.25, 0.3) is 5.65 Å². The Morgan fingerprint density at radius 3 is 2.73 bits per heavy atom. The van der Waals surface area contributed by atoms with E-state index < -0.39 is 0 Å². The predicted octanol–water partition coefficient (Wildman–Crippen LogP) is 2.52. The molecule has 0 amide bonds. The van der Waals surface area contributed by atoms with Crippen LogP contribution in [0.4, 0.5) is 16.0 Å². The fraction of sp³-hybridized carbons (Fsp3) is 0.368. The highest BCUT2D eigenvalue weighted by atomic mass is 19.1. The van der Waals surface area contributed by atoms with Gasteiger partial charge in [-0.1, -0.05) is 6.07 Å². The summed E-state index contributed by atoms with van der Waals surface area (Å²) in [6.45, 7) is 1.92. The molecule has 1 aliphatic heterocycles. The van der Waals surface area contributed by atoms with Crippen LogP contribution >= 0.6 is 0 Å². The maximum Gasteiger partial charge on any atom is 0.247 e. The molecule has 2 aromatic heterocycles. The van der Waals surface area contributed by atoms with Crippen LogP contribution in [-0.2, 0) is 6.42 Å². The molecule has 0 spiro atoms. The first-order chi connectivity index (χ1) is 12.7. The lowest BCUT2D eigenvalue weighted by atomic mass is 9.89. The first-order valence-corrected chi connectivity index (χ1v) is 8.95. The molecule has 3 aromatic rings. The van der Waals surface area contributed by atoms with Crippen LogP contribution in [0.1, 0.15) is 18.5 Å². The number of pyridine rings is 1.